The fraction of sp³-hybridized carbons (Fsp3) is 0.565. The average Bonchev–Trinajstić information content (AvgIpc) is 3.46. The number of H-pyrrole nitrogens is 1. The van der Waals surface area contributed by atoms with Gasteiger partial charge in [0, 0.05) is 42.8 Å². The Morgan fingerprint density at radius 1 is 1.23 bits per heavy atom. The van der Waals surface area contributed by atoms with E-state index >= 15 is 0 Å². The predicted molar refractivity (Wildman–Crippen MR) is 125 cm³/mol. The molecule has 2 saturated heterocycles. The van der Waals surface area contributed by atoms with Gasteiger partial charge in [-0.15, -0.1) is 0 Å². The maximum atomic E-state index is 12.8. The van der Waals surface area contributed by atoms with Gasteiger partial charge in [-0.3, -0.25) is 4.79 Å². The van der Waals surface area contributed by atoms with E-state index in [1.165, 1.54) is 0 Å². The van der Waals surface area contributed by atoms with Crippen LogP contribution in [0.2, 0.25) is 0 Å². The Hall–Kier alpha value is -2.16. The van der Waals surface area contributed by atoms with Crippen molar-refractivity contribution >= 4 is 28.2 Å². The summed E-state index contributed by atoms with van der Waals surface area (Å²) < 4.78 is 17.1. The molecule has 1 aromatic carbocycles. The third kappa shape index (κ3) is 5.75. The minimum absolute atomic E-state index is 0.101. The van der Waals surface area contributed by atoms with E-state index in [0.717, 1.165) is 55.5 Å². The van der Waals surface area contributed by atoms with E-state index < -0.39 is 0 Å². The minimum Gasteiger partial charge on any atom is -0.494 e. The van der Waals surface area contributed by atoms with Gasteiger partial charge in [-0.2, -0.15) is 0 Å². The van der Waals surface area contributed by atoms with Crippen molar-refractivity contribution in [2.75, 3.05) is 32.9 Å². The standard InChI is InChI=1S/C23H31N3O4S/c1-2-28-18-7-8-21-16(12-18)11-17(22(27)25-21)14-26(15-20-6-4-10-30-20)23(31)24-13-19-5-3-9-29-19/h7-8,11-12,19-20H,2-6,9-10,13-15H2,1H3,(H,24,31)(H,25,27). The van der Waals surface area contributed by atoms with Crippen LogP contribution in [0.5, 0.6) is 5.75 Å². The van der Waals surface area contributed by atoms with E-state index in [1.54, 1.807) is 0 Å². The highest BCUT2D eigenvalue weighted by molar-refractivity contribution is 7.80. The number of hydrogen-bond donors (Lipinski definition) is 2. The van der Waals surface area contributed by atoms with Crippen molar-refractivity contribution in [1.29, 1.82) is 0 Å². The molecular weight excluding hydrogens is 414 g/mol. The number of ether oxygens (including phenoxy) is 3. The molecule has 8 heteroatoms. The molecule has 2 fully saturated rings. The first-order valence-corrected chi connectivity index (χ1v) is 11.6. The SMILES string of the molecule is CCOc1ccc2[nH]c(=O)c(CN(CC3CCCO3)C(=S)NCC3CCCO3)cc2c1. The van der Waals surface area contributed by atoms with Gasteiger partial charge in [-0.05, 0) is 69.1 Å². The number of aromatic amines is 1. The number of hydrogen-bond acceptors (Lipinski definition) is 5. The molecule has 2 aliphatic rings. The van der Waals surface area contributed by atoms with Gasteiger partial charge in [0.15, 0.2) is 5.11 Å². The maximum absolute atomic E-state index is 12.8. The number of rotatable bonds is 8. The Kier molecular flexibility index (Phi) is 7.42. The molecule has 4 rings (SSSR count). The fourth-order valence-electron chi connectivity index (χ4n) is 4.18. The Bertz CT molecular complexity index is 951. The monoisotopic (exact) mass is 445 g/mol. The maximum Gasteiger partial charge on any atom is 0.253 e. The van der Waals surface area contributed by atoms with Crippen LogP contribution in [-0.4, -0.2) is 60.1 Å². The molecule has 2 aliphatic heterocycles. The summed E-state index contributed by atoms with van der Waals surface area (Å²) in [5.74, 6) is 0.790. The van der Waals surface area contributed by atoms with Gasteiger partial charge in [0.1, 0.15) is 5.75 Å². The first kappa shape index (κ1) is 22.0. The van der Waals surface area contributed by atoms with Gasteiger partial charge in [-0.1, -0.05) is 0 Å². The second-order valence-electron chi connectivity index (χ2n) is 8.14. The Morgan fingerprint density at radius 3 is 2.71 bits per heavy atom. The van der Waals surface area contributed by atoms with E-state index in [9.17, 15) is 4.79 Å². The van der Waals surface area contributed by atoms with Crippen LogP contribution < -0.4 is 15.6 Å². The summed E-state index contributed by atoms with van der Waals surface area (Å²) in [4.78, 5) is 17.8. The molecule has 2 unspecified atom stereocenters. The zero-order chi connectivity index (χ0) is 21.6. The van der Waals surface area contributed by atoms with Crippen LogP contribution in [0.3, 0.4) is 0 Å². The summed E-state index contributed by atoms with van der Waals surface area (Å²) >= 11 is 5.71. The second-order valence-corrected chi connectivity index (χ2v) is 8.53. The second kappa shape index (κ2) is 10.4. The molecule has 2 aromatic rings. The van der Waals surface area contributed by atoms with Crippen molar-refractivity contribution in [3.63, 3.8) is 0 Å². The number of benzene rings is 1. The summed E-state index contributed by atoms with van der Waals surface area (Å²) in [5, 5.41) is 4.92. The molecule has 31 heavy (non-hydrogen) atoms. The lowest BCUT2D eigenvalue weighted by molar-refractivity contribution is 0.0885. The van der Waals surface area contributed by atoms with E-state index in [4.69, 9.17) is 26.4 Å². The van der Waals surface area contributed by atoms with Crippen LogP contribution in [0.25, 0.3) is 10.9 Å². The van der Waals surface area contributed by atoms with Crippen molar-refractivity contribution in [2.45, 2.75) is 51.4 Å². The van der Waals surface area contributed by atoms with Crippen LogP contribution in [-0.2, 0) is 16.0 Å². The Morgan fingerprint density at radius 2 is 2.00 bits per heavy atom. The van der Waals surface area contributed by atoms with Crippen molar-refractivity contribution < 1.29 is 14.2 Å². The summed E-state index contributed by atoms with van der Waals surface area (Å²) in [6, 6.07) is 7.64. The summed E-state index contributed by atoms with van der Waals surface area (Å²) in [6.45, 7) is 5.92. The number of pyridine rings is 1. The lowest BCUT2D eigenvalue weighted by Crippen LogP contribution is -2.45. The number of fused-ring (bicyclic) bond motifs is 1. The van der Waals surface area contributed by atoms with Crippen LogP contribution in [0.15, 0.2) is 29.1 Å². The third-order valence-electron chi connectivity index (χ3n) is 5.80. The molecule has 0 radical (unpaired) electrons. The van der Waals surface area contributed by atoms with Gasteiger partial charge in [-0.25, -0.2) is 0 Å². The number of nitrogens with one attached hydrogen (secondary N) is 2. The van der Waals surface area contributed by atoms with Gasteiger partial charge in [0.25, 0.3) is 5.56 Å². The van der Waals surface area contributed by atoms with Crippen molar-refractivity contribution in [3.05, 3.63) is 40.2 Å². The lowest BCUT2D eigenvalue weighted by atomic mass is 10.1. The Labute approximate surface area is 188 Å². The van der Waals surface area contributed by atoms with Crippen LogP contribution in [0.4, 0.5) is 0 Å². The zero-order valence-corrected chi connectivity index (χ0v) is 18.8. The molecular formula is C23H31N3O4S. The van der Waals surface area contributed by atoms with E-state index in [1.807, 2.05) is 36.1 Å². The van der Waals surface area contributed by atoms with Crippen LogP contribution in [0.1, 0.15) is 38.2 Å². The van der Waals surface area contributed by atoms with Gasteiger partial charge >= 0.3 is 0 Å². The number of aromatic nitrogens is 1. The van der Waals surface area contributed by atoms with Gasteiger partial charge in [0.05, 0.1) is 25.4 Å². The molecule has 7 nitrogen and oxygen atoms in total. The molecule has 1 aromatic heterocycles. The quantitative estimate of drug-likeness (QED) is 0.605. The lowest BCUT2D eigenvalue weighted by Gasteiger charge is -2.28. The summed E-state index contributed by atoms with van der Waals surface area (Å²) in [5.41, 5.74) is 1.36. The first-order valence-electron chi connectivity index (χ1n) is 11.2. The molecule has 168 valence electrons. The highest BCUT2D eigenvalue weighted by Crippen LogP contribution is 2.21. The number of nitrogens with zero attached hydrogens (tertiary/aromatic N) is 1. The zero-order valence-electron chi connectivity index (χ0n) is 18.0. The van der Waals surface area contributed by atoms with Crippen molar-refractivity contribution in [3.8, 4) is 5.75 Å². The van der Waals surface area contributed by atoms with E-state index in [0.29, 0.717) is 36.9 Å². The van der Waals surface area contributed by atoms with E-state index in [-0.39, 0.29) is 17.8 Å². The molecule has 2 atom stereocenters. The summed E-state index contributed by atoms with van der Waals surface area (Å²) in [6.07, 6.45) is 4.54. The first-order chi connectivity index (χ1) is 15.1. The van der Waals surface area contributed by atoms with E-state index in [2.05, 4.69) is 10.3 Å². The van der Waals surface area contributed by atoms with Crippen molar-refractivity contribution in [2.24, 2.45) is 0 Å². The molecule has 0 saturated carbocycles. The molecule has 0 aliphatic carbocycles. The third-order valence-corrected chi connectivity index (χ3v) is 6.21. The normalized spacial score (nSPS) is 20.8. The predicted octanol–water partition coefficient (Wildman–Crippen LogP) is 2.96. The molecule has 0 amide bonds. The topological polar surface area (TPSA) is 75.8 Å². The average molecular weight is 446 g/mol. The largest absolute Gasteiger partial charge is 0.494 e. The van der Waals surface area contributed by atoms with Gasteiger partial charge < -0.3 is 29.4 Å². The van der Waals surface area contributed by atoms with Crippen molar-refractivity contribution in [1.82, 2.24) is 15.2 Å². The molecule has 0 spiro atoms. The minimum atomic E-state index is -0.101. The van der Waals surface area contributed by atoms with Crippen LogP contribution >= 0.6 is 12.2 Å². The van der Waals surface area contributed by atoms with Crippen LogP contribution in [0, 0.1) is 0 Å². The summed E-state index contributed by atoms with van der Waals surface area (Å²) in [7, 11) is 0. The fourth-order valence-corrected chi connectivity index (χ4v) is 4.40. The highest BCUT2D eigenvalue weighted by Gasteiger charge is 2.23. The number of thiocarbonyl (C=S) groups is 1. The highest BCUT2D eigenvalue weighted by atomic mass is 32.1. The Balaban J connectivity index is 1.52. The molecule has 3 heterocycles. The molecule has 0 bridgehead atoms. The molecule has 2 N–H and O–H groups in total. The smallest absolute Gasteiger partial charge is 0.253 e. The van der Waals surface area contributed by atoms with Gasteiger partial charge in [0.2, 0.25) is 0 Å².